The van der Waals surface area contributed by atoms with Crippen molar-refractivity contribution in [2.45, 2.75) is 24.4 Å². The molecule has 2 rings (SSSR count). The van der Waals surface area contributed by atoms with Gasteiger partial charge in [0, 0.05) is 6.20 Å². The minimum Gasteiger partial charge on any atom is -0.394 e. The number of alkyl halides is 2. The second-order valence-electron chi connectivity index (χ2n) is 3.98. The lowest BCUT2D eigenvalue weighted by atomic mass is 10.1. The molecule has 1 fully saturated rings. The molecular weight excluding hydrogens is 283 g/mol. The lowest BCUT2D eigenvalue weighted by molar-refractivity contribution is -0.140. The molecule has 1 unspecified atom stereocenters. The van der Waals surface area contributed by atoms with Crippen LogP contribution >= 0.6 is 9.39 Å². The van der Waals surface area contributed by atoms with Gasteiger partial charge in [-0.1, -0.05) is 0 Å². The van der Waals surface area contributed by atoms with Gasteiger partial charge in [0.1, 0.15) is 11.9 Å². The number of aromatic nitrogens is 2. The molecule has 106 valence electrons. The Morgan fingerprint density at radius 1 is 1.63 bits per heavy atom. The number of rotatable bonds is 3. The van der Waals surface area contributed by atoms with Crippen LogP contribution in [0, 0.1) is 0 Å². The molecule has 2 heterocycles. The number of hydrogen-bond donors (Lipinski definition) is 3. The van der Waals surface area contributed by atoms with Crippen LogP contribution in [0.2, 0.25) is 0 Å². The molecule has 0 bridgehead atoms. The highest BCUT2D eigenvalue weighted by atomic mass is 31.0. The van der Waals surface area contributed by atoms with E-state index in [9.17, 15) is 18.7 Å². The van der Waals surface area contributed by atoms with Crippen LogP contribution in [0.3, 0.4) is 0 Å². The van der Waals surface area contributed by atoms with Crippen molar-refractivity contribution < 1.29 is 23.7 Å². The molecule has 0 radical (unpaired) electrons. The highest BCUT2D eigenvalue weighted by Crippen LogP contribution is 2.41. The van der Waals surface area contributed by atoms with Crippen LogP contribution in [0.5, 0.6) is 0 Å². The molecule has 1 saturated heterocycles. The third kappa shape index (κ3) is 2.34. The van der Waals surface area contributed by atoms with Crippen molar-refractivity contribution in [3.63, 3.8) is 0 Å². The maximum atomic E-state index is 13.8. The average Bonchev–Trinajstić information content (AvgIpc) is 2.61. The number of nitrogens with zero attached hydrogens (tertiary/aromatic N) is 2. The summed E-state index contributed by atoms with van der Waals surface area (Å²) in [5.74, 6) is -3.51. The highest BCUT2D eigenvalue weighted by molar-refractivity contribution is 7.18. The Labute approximate surface area is 108 Å². The summed E-state index contributed by atoms with van der Waals surface area (Å²) in [5.41, 5.74) is -0.956. The van der Waals surface area contributed by atoms with Crippen molar-refractivity contribution in [1.82, 2.24) is 9.55 Å². The first-order valence-electron chi connectivity index (χ1n) is 5.29. The van der Waals surface area contributed by atoms with Gasteiger partial charge >= 0.3 is 11.6 Å². The third-order valence-corrected chi connectivity index (χ3v) is 3.09. The molecule has 19 heavy (non-hydrogen) atoms. The van der Waals surface area contributed by atoms with E-state index in [0.717, 1.165) is 6.20 Å². The van der Waals surface area contributed by atoms with Gasteiger partial charge in [-0.2, -0.15) is 13.8 Å². The molecule has 10 heteroatoms. The lowest BCUT2D eigenvalue weighted by Gasteiger charge is -2.21. The maximum Gasteiger partial charge on any atom is 0.351 e. The molecule has 1 aliphatic heterocycles. The zero-order chi connectivity index (χ0) is 14.2. The van der Waals surface area contributed by atoms with E-state index in [1.807, 2.05) is 0 Å². The van der Waals surface area contributed by atoms with Crippen LogP contribution in [0.1, 0.15) is 6.23 Å². The summed E-state index contributed by atoms with van der Waals surface area (Å²) in [4.78, 5) is 15.1. The molecule has 0 amide bonds. The Hall–Kier alpha value is -1.15. The van der Waals surface area contributed by atoms with Crippen LogP contribution in [-0.4, -0.2) is 44.5 Å². The molecule has 3 N–H and O–H groups in total. The summed E-state index contributed by atoms with van der Waals surface area (Å²) in [7, 11) is 2.11. The number of aliphatic hydroxyl groups is 2. The first-order chi connectivity index (χ1) is 8.91. The number of ether oxygens (including phenoxy) is 1. The SMILES string of the molecule is O=c1nc(NP)ccn1[C@@H]1O[C@H](CO)[C@H](O)C1(F)F. The Kier molecular flexibility index (Phi) is 3.82. The van der Waals surface area contributed by atoms with E-state index in [2.05, 4.69) is 19.5 Å². The van der Waals surface area contributed by atoms with Crippen molar-refractivity contribution in [2.75, 3.05) is 11.7 Å². The van der Waals surface area contributed by atoms with E-state index < -0.39 is 36.7 Å². The molecular formula is C9H12F2N3O4P. The fourth-order valence-corrected chi connectivity index (χ4v) is 1.95. The summed E-state index contributed by atoms with van der Waals surface area (Å²) in [6.07, 6.45) is -4.56. The summed E-state index contributed by atoms with van der Waals surface area (Å²) >= 11 is 0. The van der Waals surface area contributed by atoms with Crippen LogP contribution in [0.15, 0.2) is 17.1 Å². The monoisotopic (exact) mass is 295 g/mol. The number of halogens is 2. The van der Waals surface area contributed by atoms with Crippen molar-refractivity contribution in [3.05, 3.63) is 22.7 Å². The molecule has 1 aromatic rings. The molecule has 0 aliphatic carbocycles. The van der Waals surface area contributed by atoms with E-state index in [0.29, 0.717) is 4.57 Å². The largest absolute Gasteiger partial charge is 0.394 e. The summed E-state index contributed by atoms with van der Waals surface area (Å²) in [5, 5.41) is 20.7. The second-order valence-corrected chi connectivity index (χ2v) is 4.26. The standard InChI is InChI=1S/C9H12F2N3O4P/c10-9(11)6(16)4(3-15)18-7(9)14-2-1-5(13-19)12-8(14)17/h1-2,4,6-7,15-16H,3,19H2,(H,12,13,17)/t4-,6+,7-/m1/s1. The van der Waals surface area contributed by atoms with Crippen molar-refractivity contribution in [2.24, 2.45) is 0 Å². The zero-order valence-electron chi connectivity index (χ0n) is 9.53. The normalized spacial score (nSPS) is 29.4. The van der Waals surface area contributed by atoms with Crippen LogP contribution in [-0.2, 0) is 4.74 Å². The second kappa shape index (κ2) is 5.09. The van der Waals surface area contributed by atoms with E-state index in [4.69, 9.17) is 9.84 Å². The van der Waals surface area contributed by atoms with Gasteiger partial charge in [-0.05, 0) is 15.5 Å². The van der Waals surface area contributed by atoms with E-state index in [-0.39, 0.29) is 5.82 Å². The third-order valence-electron chi connectivity index (χ3n) is 2.79. The minimum absolute atomic E-state index is 0.187. The van der Waals surface area contributed by atoms with Gasteiger partial charge in [-0.3, -0.25) is 4.57 Å². The zero-order valence-corrected chi connectivity index (χ0v) is 10.7. The van der Waals surface area contributed by atoms with E-state index >= 15 is 0 Å². The van der Waals surface area contributed by atoms with E-state index in [1.54, 1.807) is 0 Å². The first-order valence-corrected chi connectivity index (χ1v) is 5.87. The maximum absolute atomic E-state index is 13.8. The fourth-order valence-electron chi connectivity index (χ4n) is 1.79. The number of hydrogen-bond acceptors (Lipinski definition) is 6. The Morgan fingerprint density at radius 3 is 2.79 bits per heavy atom. The topological polar surface area (TPSA) is 96.6 Å². The van der Waals surface area contributed by atoms with Crippen molar-refractivity contribution in [3.8, 4) is 0 Å². The Bertz CT molecular complexity index is 526. The van der Waals surface area contributed by atoms with E-state index in [1.165, 1.54) is 6.07 Å². The van der Waals surface area contributed by atoms with Crippen LogP contribution < -0.4 is 10.8 Å². The first kappa shape index (κ1) is 14.3. The van der Waals surface area contributed by atoms with Gasteiger partial charge in [-0.25, -0.2) is 4.79 Å². The predicted molar refractivity (Wildman–Crippen MR) is 63.8 cm³/mol. The van der Waals surface area contributed by atoms with Gasteiger partial charge in [0.05, 0.1) is 6.61 Å². The lowest BCUT2D eigenvalue weighted by Crippen LogP contribution is -2.41. The molecule has 7 nitrogen and oxygen atoms in total. The summed E-state index contributed by atoms with van der Waals surface area (Å²) in [6, 6.07) is 1.30. The smallest absolute Gasteiger partial charge is 0.351 e. The number of nitrogens with one attached hydrogen (secondary N) is 1. The fraction of sp³-hybridized carbons (Fsp3) is 0.556. The quantitative estimate of drug-likeness (QED) is 0.640. The highest BCUT2D eigenvalue weighted by Gasteiger charge is 2.59. The van der Waals surface area contributed by atoms with Crippen molar-refractivity contribution in [1.29, 1.82) is 0 Å². The number of anilines is 1. The predicted octanol–water partition coefficient (Wildman–Crippen LogP) is -0.669. The van der Waals surface area contributed by atoms with Crippen LogP contribution in [0.25, 0.3) is 0 Å². The van der Waals surface area contributed by atoms with Gasteiger partial charge in [-0.15, -0.1) is 0 Å². The molecule has 0 aromatic carbocycles. The average molecular weight is 295 g/mol. The van der Waals surface area contributed by atoms with Gasteiger partial charge in [0.15, 0.2) is 6.10 Å². The Balaban J connectivity index is 2.39. The Morgan fingerprint density at radius 2 is 2.32 bits per heavy atom. The number of aliphatic hydroxyl groups excluding tert-OH is 2. The van der Waals surface area contributed by atoms with Crippen molar-refractivity contribution >= 4 is 15.2 Å². The molecule has 0 spiro atoms. The van der Waals surface area contributed by atoms with Crippen LogP contribution in [0.4, 0.5) is 14.6 Å². The summed E-state index contributed by atoms with van der Waals surface area (Å²) < 4.78 is 33.0. The molecule has 1 aliphatic rings. The minimum atomic E-state index is -3.70. The molecule has 4 atom stereocenters. The van der Waals surface area contributed by atoms with Gasteiger partial charge < -0.3 is 20.0 Å². The van der Waals surface area contributed by atoms with Gasteiger partial charge in [0.25, 0.3) is 0 Å². The molecule has 0 saturated carbocycles. The summed E-state index contributed by atoms with van der Waals surface area (Å²) in [6.45, 7) is -0.777. The van der Waals surface area contributed by atoms with Gasteiger partial charge in [0.2, 0.25) is 6.23 Å². The molecule has 1 aromatic heterocycles.